The highest BCUT2D eigenvalue weighted by Gasteiger charge is 2.28. The van der Waals surface area contributed by atoms with Crippen LogP contribution in [0.1, 0.15) is 62.2 Å². The van der Waals surface area contributed by atoms with E-state index in [1.54, 1.807) is 12.3 Å². The van der Waals surface area contributed by atoms with Crippen LogP contribution in [0.2, 0.25) is 0 Å². The minimum atomic E-state index is -0.759. The van der Waals surface area contributed by atoms with Crippen LogP contribution in [0.4, 0.5) is 0 Å². The molecule has 1 aromatic heterocycles. The predicted octanol–water partition coefficient (Wildman–Crippen LogP) is 3.55. The van der Waals surface area contributed by atoms with E-state index in [-0.39, 0.29) is 18.4 Å². The molecular formula is C24H31N3O4. The van der Waals surface area contributed by atoms with E-state index in [1.165, 1.54) is 0 Å². The van der Waals surface area contributed by atoms with Gasteiger partial charge in [0, 0.05) is 31.8 Å². The Labute approximate surface area is 183 Å². The molecule has 1 aromatic carbocycles. The molecule has 0 bridgehead atoms. The fourth-order valence-electron chi connectivity index (χ4n) is 3.96. The molecule has 0 spiro atoms. The van der Waals surface area contributed by atoms with E-state index in [1.807, 2.05) is 52.2 Å². The monoisotopic (exact) mass is 425 g/mol. The Balaban J connectivity index is 1.51. The number of aliphatic hydroxyl groups excluding tert-OH is 1. The fourth-order valence-corrected chi connectivity index (χ4v) is 3.96. The molecule has 1 saturated heterocycles. The summed E-state index contributed by atoms with van der Waals surface area (Å²) in [5, 5.41) is 23.5. The maximum Gasteiger partial charge on any atom is 0.303 e. The van der Waals surface area contributed by atoms with Gasteiger partial charge in [-0.25, -0.2) is 0 Å². The highest BCUT2D eigenvalue weighted by atomic mass is 16.4. The standard InChI is InChI=1S/C24H31N3O4/c28-22(20-8-5-7-19(17-20)18-26-15-6-14-25-26)12-10-21-11-13-23(29)27(21)16-4-2-1-3-9-24(30)31/h5-8,10,12,14-15,17,21-22,28H,1-4,9,11,13,16,18H2,(H,30,31)/t21?,22-/m1/s1. The summed E-state index contributed by atoms with van der Waals surface area (Å²) >= 11 is 0. The zero-order chi connectivity index (χ0) is 22.1. The smallest absolute Gasteiger partial charge is 0.303 e. The highest BCUT2D eigenvalue weighted by molar-refractivity contribution is 5.79. The zero-order valence-corrected chi connectivity index (χ0v) is 17.8. The number of hydrogen-bond donors (Lipinski definition) is 2. The van der Waals surface area contributed by atoms with Crippen LogP contribution < -0.4 is 0 Å². The number of likely N-dealkylation sites (tertiary alicyclic amines) is 1. The number of aliphatic carboxylic acids is 1. The molecule has 31 heavy (non-hydrogen) atoms. The number of carbonyl (C=O) groups excluding carboxylic acids is 1. The van der Waals surface area contributed by atoms with E-state index in [2.05, 4.69) is 5.10 Å². The molecule has 1 aliphatic heterocycles. The zero-order valence-electron chi connectivity index (χ0n) is 17.8. The van der Waals surface area contributed by atoms with Crippen molar-refractivity contribution in [2.45, 2.75) is 63.6 Å². The van der Waals surface area contributed by atoms with Gasteiger partial charge in [0.1, 0.15) is 0 Å². The normalized spacial score (nSPS) is 17.5. The minimum Gasteiger partial charge on any atom is -0.481 e. The first-order valence-corrected chi connectivity index (χ1v) is 11.0. The van der Waals surface area contributed by atoms with Crippen molar-refractivity contribution in [2.24, 2.45) is 0 Å². The number of hydrogen-bond acceptors (Lipinski definition) is 4. The third kappa shape index (κ3) is 7.07. The molecule has 0 saturated carbocycles. The van der Waals surface area contributed by atoms with Crippen molar-refractivity contribution in [1.82, 2.24) is 14.7 Å². The van der Waals surface area contributed by atoms with Crippen molar-refractivity contribution in [2.75, 3.05) is 6.54 Å². The van der Waals surface area contributed by atoms with Gasteiger partial charge in [-0.2, -0.15) is 5.10 Å². The number of unbranched alkanes of at least 4 members (excludes halogenated alkanes) is 3. The first-order chi connectivity index (χ1) is 15.0. The van der Waals surface area contributed by atoms with Crippen LogP contribution in [0, 0.1) is 0 Å². The Bertz CT molecular complexity index is 879. The summed E-state index contributed by atoms with van der Waals surface area (Å²) in [6, 6.07) is 9.71. The number of amides is 1. The van der Waals surface area contributed by atoms with Crippen LogP contribution in [0.25, 0.3) is 0 Å². The number of benzene rings is 1. The quantitative estimate of drug-likeness (QED) is 0.401. The van der Waals surface area contributed by atoms with Gasteiger partial charge < -0.3 is 15.1 Å². The lowest BCUT2D eigenvalue weighted by atomic mass is 10.0. The van der Waals surface area contributed by atoms with Crippen LogP contribution in [0.15, 0.2) is 54.9 Å². The maximum atomic E-state index is 12.2. The van der Waals surface area contributed by atoms with E-state index >= 15 is 0 Å². The molecule has 0 radical (unpaired) electrons. The molecule has 1 fully saturated rings. The van der Waals surface area contributed by atoms with Gasteiger partial charge >= 0.3 is 5.97 Å². The molecule has 7 nitrogen and oxygen atoms in total. The first kappa shape index (κ1) is 22.7. The molecule has 1 amide bonds. The summed E-state index contributed by atoms with van der Waals surface area (Å²) in [6.45, 7) is 1.32. The van der Waals surface area contributed by atoms with Crippen LogP contribution in [-0.2, 0) is 16.1 Å². The lowest BCUT2D eigenvalue weighted by Crippen LogP contribution is -2.32. The van der Waals surface area contributed by atoms with Gasteiger partial charge in [0.05, 0.1) is 18.7 Å². The van der Waals surface area contributed by atoms with Crippen LogP contribution in [-0.4, -0.2) is 49.4 Å². The number of aromatic nitrogens is 2. The Hall–Kier alpha value is -2.93. The second-order valence-electron chi connectivity index (χ2n) is 8.03. The Kier molecular flexibility index (Phi) is 8.41. The van der Waals surface area contributed by atoms with E-state index in [0.717, 1.165) is 36.8 Å². The third-order valence-corrected chi connectivity index (χ3v) is 5.63. The summed E-state index contributed by atoms with van der Waals surface area (Å²) < 4.78 is 1.84. The Morgan fingerprint density at radius 3 is 2.84 bits per heavy atom. The van der Waals surface area contributed by atoms with Crippen LogP contribution in [0.5, 0.6) is 0 Å². The van der Waals surface area contributed by atoms with Gasteiger partial charge in [-0.05, 0) is 36.5 Å². The Morgan fingerprint density at radius 2 is 2.06 bits per heavy atom. The molecule has 2 atom stereocenters. The first-order valence-electron chi connectivity index (χ1n) is 11.0. The third-order valence-electron chi connectivity index (χ3n) is 5.63. The van der Waals surface area contributed by atoms with E-state index in [9.17, 15) is 14.7 Å². The summed E-state index contributed by atoms with van der Waals surface area (Å²) in [5.41, 5.74) is 1.88. The number of aliphatic hydroxyl groups is 1. The summed E-state index contributed by atoms with van der Waals surface area (Å²) in [4.78, 5) is 24.7. The van der Waals surface area contributed by atoms with Crippen molar-refractivity contribution in [1.29, 1.82) is 0 Å². The molecular weight excluding hydrogens is 394 g/mol. The predicted molar refractivity (Wildman–Crippen MR) is 117 cm³/mol. The van der Waals surface area contributed by atoms with Crippen molar-refractivity contribution in [3.05, 3.63) is 66.0 Å². The highest BCUT2D eigenvalue weighted by Crippen LogP contribution is 2.23. The fraction of sp³-hybridized carbons (Fsp3) is 0.458. The molecule has 3 rings (SSSR count). The van der Waals surface area contributed by atoms with Crippen LogP contribution in [0.3, 0.4) is 0 Å². The molecule has 2 aromatic rings. The van der Waals surface area contributed by atoms with Crippen molar-refractivity contribution in [3.8, 4) is 0 Å². The van der Waals surface area contributed by atoms with Crippen molar-refractivity contribution >= 4 is 11.9 Å². The largest absolute Gasteiger partial charge is 0.481 e. The topological polar surface area (TPSA) is 95.7 Å². The lowest BCUT2D eigenvalue weighted by Gasteiger charge is -2.22. The molecule has 1 unspecified atom stereocenters. The summed E-state index contributed by atoms with van der Waals surface area (Å²) in [6.07, 6.45) is 11.5. The van der Waals surface area contributed by atoms with E-state index in [4.69, 9.17) is 5.11 Å². The molecule has 166 valence electrons. The second-order valence-corrected chi connectivity index (χ2v) is 8.03. The molecule has 7 heteroatoms. The van der Waals surface area contributed by atoms with Gasteiger partial charge in [0.25, 0.3) is 0 Å². The minimum absolute atomic E-state index is 0.00780. The summed E-state index contributed by atoms with van der Waals surface area (Å²) in [7, 11) is 0. The molecule has 2 heterocycles. The maximum absolute atomic E-state index is 12.2. The lowest BCUT2D eigenvalue weighted by molar-refractivity contribution is -0.137. The molecule has 0 aliphatic carbocycles. The van der Waals surface area contributed by atoms with E-state index in [0.29, 0.717) is 25.9 Å². The number of rotatable bonds is 12. The number of carboxylic acid groups (broad SMARTS) is 1. The number of nitrogens with zero attached hydrogens (tertiary/aromatic N) is 3. The Morgan fingerprint density at radius 1 is 1.23 bits per heavy atom. The molecule has 1 aliphatic rings. The van der Waals surface area contributed by atoms with Gasteiger partial charge in [0.2, 0.25) is 5.91 Å². The average Bonchev–Trinajstić information content (AvgIpc) is 3.38. The van der Waals surface area contributed by atoms with Crippen molar-refractivity contribution in [3.63, 3.8) is 0 Å². The number of carboxylic acids is 1. The molecule has 2 N–H and O–H groups in total. The number of carbonyl (C=O) groups is 2. The van der Waals surface area contributed by atoms with Gasteiger partial charge in [-0.15, -0.1) is 0 Å². The second kappa shape index (κ2) is 11.5. The van der Waals surface area contributed by atoms with Crippen LogP contribution >= 0.6 is 0 Å². The van der Waals surface area contributed by atoms with E-state index < -0.39 is 12.1 Å². The van der Waals surface area contributed by atoms with Gasteiger partial charge in [0.15, 0.2) is 0 Å². The summed E-state index contributed by atoms with van der Waals surface area (Å²) in [5.74, 6) is -0.610. The average molecular weight is 426 g/mol. The SMILES string of the molecule is O=C(O)CCCCCCN1C(=O)CCC1C=C[C@@H](O)c1cccc(Cn2cccn2)c1. The van der Waals surface area contributed by atoms with Gasteiger partial charge in [-0.3, -0.25) is 14.3 Å². The van der Waals surface area contributed by atoms with Gasteiger partial charge in [-0.1, -0.05) is 49.3 Å². The van der Waals surface area contributed by atoms with Crippen molar-refractivity contribution < 1.29 is 19.8 Å².